The van der Waals surface area contributed by atoms with E-state index in [0.29, 0.717) is 35.6 Å². The molecule has 0 radical (unpaired) electrons. The van der Waals surface area contributed by atoms with E-state index in [1.54, 1.807) is 37.5 Å². The third kappa shape index (κ3) is 5.95. The molecule has 2 heterocycles. The molecule has 0 aliphatic rings. The highest BCUT2D eigenvalue weighted by atomic mass is 35.5. The van der Waals surface area contributed by atoms with Gasteiger partial charge in [0.25, 0.3) is 0 Å². The molecule has 2 aromatic heterocycles. The Bertz CT molecular complexity index is 1040. The zero-order valence-electron chi connectivity index (χ0n) is 18.4. The molecular weight excluding hydrogens is 434 g/mol. The molecule has 0 saturated heterocycles. The average molecular weight is 462 g/mol. The SMILES string of the molecule is COCCOc1c(Cl)ccc2nnc(C(COCc3ccccc3)NC(=O)C(C)(C)N)n12. The fourth-order valence-corrected chi connectivity index (χ4v) is 3.13. The van der Waals surface area contributed by atoms with E-state index in [1.807, 2.05) is 30.3 Å². The molecule has 0 aliphatic heterocycles. The van der Waals surface area contributed by atoms with Crippen LogP contribution in [0.25, 0.3) is 5.65 Å². The van der Waals surface area contributed by atoms with Gasteiger partial charge in [-0.3, -0.25) is 4.79 Å². The number of hydrogen-bond acceptors (Lipinski definition) is 7. The number of fused-ring (bicyclic) bond motifs is 1. The van der Waals surface area contributed by atoms with Crippen LogP contribution in [0.3, 0.4) is 0 Å². The van der Waals surface area contributed by atoms with Crippen LogP contribution in [0.15, 0.2) is 42.5 Å². The van der Waals surface area contributed by atoms with Crippen molar-refractivity contribution in [2.75, 3.05) is 26.9 Å². The molecule has 0 bridgehead atoms. The molecule has 3 N–H and O–H groups in total. The third-order valence-corrected chi connectivity index (χ3v) is 4.91. The van der Waals surface area contributed by atoms with Gasteiger partial charge in [-0.25, -0.2) is 4.40 Å². The summed E-state index contributed by atoms with van der Waals surface area (Å²) in [6.07, 6.45) is 0. The highest BCUT2D eigenvalue weighted by molar-refractivity contribution is 6.31. The summed E-state index contributed by atoms with van der Waals surface area (Å²) in [4.78, 5) is 12.7. The van der Waals surface area contributed by atoms with Gasteiger partial charge in [0.1, 0.15) is 17.7 Å². The van der Waals surface area contributed by atoms with Crippen LogP contribution in [0, 0.1) is 0 Å². The molecule has 1 aromatic carbocycles. The van der Waals surface area contributed by atoms with E-state index in [4.69, 9.17) is 31.5 Å². The summed E-state index contributed by atoms with van der Waals surface area (Å²) in [6, 6.07) is 12.5. The molecule has 0 aliphatic carbocycles. The number of rotatable bonds is 11. The lowest BCUT2D eigenvalue weighted by molar-refractivity contribution is -0.126. The van der Waals surface area contributed by atoms with E-state index in [9.17, 15) is 4.79 Å². The smallest absolute Gasteiger partial charge is 0.240 e. The second kappa shape index (κ2) is 10.7. The highest BCUT2D eigenvalue weighted by Gasteiger charge is 2.29. The summed E-state index contributed by atoms with van der Waals surface area (Å²) in [7, 11) is 1.58. The van der Waals surface area contributed by atoms with Crippen molar-refractivity contribution < 1.29 is 19.0 Å². The van der Waals surface area contributed by atoms with Crippen LogP contribution in [0.5, 0.6) is 5.88 Å². The first-order valence-electron chi connectivity index (χ1n) is 10.2. The van der Waals surface area contributed by atoms with Crippen molar-refractivity contribution in [3.63, 3.8) is 0 Å². The Hall–Kier alpha value is -2.72. The minimum Gasteiger partial charge on any atom is -0.475 e. The normalized spacial score (nSPS) is 12.7. The Kier molecular flexibility index (Phi) is 8.03. The molecule has 0 spiro atoms. The van der Waals surface area contributed by atoms with Gasteiger partial charge in [0.15, 0.2) is 11.5 Å². The van der Waals surface area contributed by atoms with E-state index >= 15 is 0 Å². The lowest BCUT2D eigenvalue weighted by Crippen LogP contribution is -2.51. The maximum Gasteiger partial charge on any atom is 0.240 e. The van der Waals surface area contributed by atoms with Gasteiger partial charge >= 0.3 is 0 Å². The number of hydrogen-bond donors (Lipinski definition) is 2. The van der Waals surface area contributed by atoms with E-state index < -0.39 is 11.6 Å². The Balaban J connectivity index is 1.91. The van der Waals surface area contributed by atoms with Gasteiger partial charge in [0.05, 0.1) is 25.4 Å². The number of benzene rings is 1. The Labute approximate surface area is 191 Å². The first kappa shape index (κ1) is 23.9. The summed E-state index contributed by atoms with van der Waals surface area (Å²) in [5.74, 6) is 0.419. The van der Waals surface area contributed by atoms with E-state index in [2.05, 4.69) is 15.5 Å². The van der Waals surface area contributed by atoms with Gasteiger partial charge in [0.2, 0.25) is 11.8 Å². The lowest BCUT2D eigenvalue weighted by Gasteiger charge is -2.24. The molecule has 32 heavy (non-hydrogen) atoms. The fraction of sp³-hybridized carbons (Fsp3) is 0.409. The Morgan fingerprint density at radius 3 is 2.62 bits per heavy atom. The number of aromatic nitrogens is 3. The van der Waals surface area contributed by atoms with Crippen molar-refractivity contribution in [2.45, 2.75) is 32.0 Å². The summed E-state index contributed by atoms with van der Waals surface area (Å²) >= 11 is 6.40. The average Bonchev–Trinajstić information content (AvgIpc) is 3.19. The monoisotopic (exact) mass is 461 g/mol. The molecule has 3 aromatic rings. The zero-order valence-corrected chi connectivity index (χ0v) is 19.1. The van der Waals surface area contributed by atoms with Crippen LogP contribution in [0.1, 0.15) is 31.3 Å². The standard InChI is InChI=1S/C22H28ClN5O4/c1-22(2,24)21(29)25-17(14-31-13-15-7-5-4-6-8-15)19-27-26-18-10-9-16(23)20(28(18)19)32-12-11-30-3/h4-10,17H,11-14,24H2,1-3H3,(H,25,29). The fourth-order valence-electron chi connectivity index (χ4n) is 2.93. The first-order valence-corrected chi connectivity index (χ1v) is 10.6. The molecule has 3 rings (SSSR count). The van der Waals surface area contributed by atoms with Gasteiger partial charge in [-0.2, -0.15) is 0 Å². The molecule has 9 nitrogen and oxygen atoms in total. The van der Waals surface area contributed by atoms with Crippen molar-refractivity contribution >= 4 is 23.2 Å². The number of amides is 1. The summed E-state index contributed by atoms with van der Waals surface area (Å²) < 4.78 is 18.5. The van der Waals surface area contributed by atoms with E-state index in [1.165, 1.54) is 0 Å². The molecular formula is C22H28ClN5O4. The van der Waals surface area contributed by atoms with Crippen molar-refractivity contribution in [3.8, 4) is 5.88 Å². The molecule has 1 atom stereocenters. The maximum absolute atomic E-state index is 12.7. The lowest BCUT2D eigenvalue weighted by atomic mass is 10.1. The van der Waals surface area contributed by atoms with Crippen molar-refractivity contribution in [3.05, 3.63) is 58.9 Å². The van der Waals surface area contributed by atoms with Crippen LogP contribution >= 0.6 is 11.6 Å². The second-order valence-corrected chi connectivity index (χ2v) is 8.24. The van der Waals surface area contributed by atoms with Crippen LogP contribution in [0.4, 0.5) is 0 Å². The van der Waals surface area contributed by atoms with Crippen molar-refractivity contribution in [1.82, 2.24) is 19.9 Å². The van der Waals surface area contributed by atoms with Gasteiger partial charge in [0, 0.05) is 7.11 Å². The minimum atomic E-state index is -1.09. The number of methoxy groups -OCH3 is 1. The summed E-state index contributed by atoms with van der Waals surface area (Å²) in [5, 5.41) is 11.8. The highest BCUT2D eigenvalue weighted by Crippen LogP contribution is 2.28. The van der Waals surface area contributed by atoms with Crippen LogP contribution in [-0.2, 0) is 20.9 Å². The predicted molar refractivity (Wildman–Crippen MR) is 121 cm³/mol. The van der Waals surface area contributed by atoms with E-state index in [0.717, 1.165) is 5.56 Å². The minimum absolute atomic E-state index is 0.140. The number of nitrogens with two attached hydrogens (primary N) is 1. The topological polar surface area (TPSA) is 113 Å². The summed E-state index contributed by atoms with van der Waals surface area (Å²) in [6.45, 7) is 4.43. The Morgan fingerprint density at radius 1 is 1.19 bits per heavy atom. The number of pyridine rings is 1. The van der Waals surface area contributed by atoms with Gasteiger partial charge in [-0.1, -0.05) is 41.9 Å². The molecule has 1 unspecified atom stereocenters. The first-order chi connectivity index (χ1) is 15.3. The summed E-state index contributed by atoms with van der Waals surface area (Å²) in [5.41, 5.74) is 6.43. The number of carbonyl (C=O) groups is 1. The van der Waals surface area contributed by atoms with Gasteiger partial charge < -0.3 is 25.3 Å². The zero-order chi connectivity index (χ0) is 23.1. The molecule has 0 saturated carbocycles. The number of ether oxygens (including phenoxy) is 3. The molecule has 1 amide bonds. The van der Waals surface area contributed by atoms with Crippen molar-refractivity contribution in [2.24, 2.45) is 5.73 Å². The quantitative estimate of drug-likeness (QED) is 0.422. The number of nitrogens with one attached hydrogen (secondary N) is 1. The Morgan fingerprint density at radius 2 is 1.94 bits per heavy atom. The van der Waals surface area contributed by atoms with Crippen LogP contribution in [-0.4, -0.2) is 53.0 Å². The van der Waals surface area contributed by atoms with Gasteiger partial charge in [-0.05, 0) is 31.5 Å². The maximum atomic E-state index is 12.7. The van der Waals surface area contributed by atoms with Gasteiger partial charge in [-0.15, -0.1) is 10.2 Å². The molecule has 0 fully saturated rings. The molecule has 172 valence electrons. The third-order valence-electron chi connectivity index (χ3n) is 4.62. The van der Waals surface area contributed by atoms with Crippen LogP contribution in [0.2, 0.25) is 5.02 Å². The van der Waals surface area contributed by atoms with Crippen molar-refractivity contribution in [1.29, 1.82) is 0 Å². The number of halogens is 1. The number of carbonyl (C=O) groups excluding carboxylic acids is 1. The predicted octanol–water partition coefficient (Wildman–Crippen LogP) is 2.52. The van der Waals surface area contributed by atoms with E-state index in [-0.39, 0.29) is 19.1 Å². The largest absolute Gasteiger partial charge is 0.475 e. The second-order valence-electron chi connectivity index (χ2n) is 7.83. The van der Waals surface area contributed by atoms with Crippen LogP contribution < -0.4 is 15.8 Å². The number of nitrogens with zero attached hydrogens (tertiary/aromatic N) is 3. The molecule has 10 heteroatoms.